The van der Waals surface area contributed by atoms with Crippen molar-refractivity contribution in [2.75, 3.05) is 6.54 Å². The van der Waals surface area contributed by atoms with Crippen molar-refractivity contribution in [2.24, 2.45) is 17.8 Å². The molecule has 14 heavy (non-hydrogen) atoms. The summed E-state index contributed by atoms with van der Waals surface area (Å²) >= 11 is 0. The monoisotopic (exact) mass is 193 g/mol. The van der Waals surface area contributed by atoms with Crippen molar-refractivity contribution in [3.63, 3.8) is 0 Å². The Morgan fingerprint density at radius 1 is 0.714 bits per heavy atom. The van der Waals surface area contributed by atoms with Gasteiger partial charge in [-0.15, -0.1) is 0 Å². The van der Waals surface area contributed by atoms with E-state index in [4.69, 9.17) is 0 Å². The number of hydrogen-bond donors (Lipinski definition) is 1. The Bertz CT molecular complexity index is 181. The van der Waals surface area contributed by atoms with Gasteiger partial charge in [-0.1, -0.05) is 25.7 Å². The molecule has 0 aromatic carbocycles. The van der Waals surface area contributed by atoms with Crippen molar-refractivity contribution in [1.82, 2.24) is 5.32 Å². The van der Waals surface area contributed by atoms with Crippen molar-refractivity contribution in [3.05, 3.63) is 0 Å². The molecule has 0 spiro atoms. The first kappa shape index (κ1) is 9.21. The maximum absolute atomic E-state index is 3.72. The summed E-state index contributed by atoms with van der Waals surface area (Å²) in [5.74, 6) is 3.35. The molecule has 3 rings (SSSR count). The Labute approximate surface area is 87.7 Å². The summed E-state index contributed by atoms with van der Waals surface area (Å²) in [6, 6.07) is 0.920. The van der Waals surface area contributed by atoms with Crippen LogP contribution in [0.2, 0.25) is 0 Å². The molecule has 1 aliphatic heterocycles. The number of rotatable bonds is 1. The summed E-state index contributed by atoms with van der Waals surface area (Å²) < 4.78 is 0. The van der Waals surface area contributed by atoms with E-state index in [1.54, 1.807) is 12.8 Å². The topological polar surface area (TPSA) is 12.0 Å². The third kappa shape index (κ3) is 1.60. The van der Waals surface area contributed by atoms with E-state index in [2.05, 4.69) is 5.32 Å². The van der Waals surface area contributed by atoms with Gasteiger partial charge in [0.15, 0.2) is 0 Å². The Morgan fingerprint density at radius 3 is 2.00 bits per heavy atom. The zero-order valence-corrected chi connectivity index (χ0v) is 9.17. The Kier molecular flexibility index (Phi) is 2.53. The van der Waals surface area contributed by atoms with E-state index >= 15 is 0 Å². The van der Waals surface area contributed by atoms with Gasteiger partial charge < -0.3 is 5.32 Å². The second-order valence-electron chi connectivity index (χ2n) is 5.60. The van der Waals surface area contributed by atoms with Crippen LogP contribution in [-0.4, -0.2) is 12.6 Å². The lowest BCUT2D eigenvalue weighted by Crippen LogP contribution is -2.24. The van der Waals surface area contributed by atoms with E-state index < -0.39 is 0 Å². The molecule has 1 nitrogen and oxygen atoms in total. The van der Waals surface area contributed by atoms with E-state index in [-0.39, 0.29) is 0 Å². The van der Waals surface area contributed by atoms with Gasteiger partial charge in [-0.3, -0.25) is 0 Å². The third-order valence-electron chi connectivity index (χ3n) is 4.79. The van der Waals surface area contributed by atoms with Gasteiger partial charge in [-0.05, 0) is 50.0 Å². The van der Waals surface area contributed by atoms with Gasteiger partial charge in [0.2, 0.25) is 0 Å². The van der Waals surface area contributed by atoms with Crippen molar-refractivity contribution < 1.29 is 0 Å². The van der Waals surface area contributed by atoms with Crippen LogP contribution in [0.25, 0.3) is 0 Å². The van der Waals surface area contributed by atoms with Crippen LogP contribution in [0.15, 0.2) is 0 Å². The number of nitrogens with one attached hydrogen (secondary N) is 1. The fourth-order valence-corrected chi connectivity index (χ4v) is 4.04. The lowest BCUT2D eigenvalue weighted by Gasteiger charge is -2.09. The smallest absolute Gasteiger partial charge is 0.0101 e. The zero-order valence-electron chi connectivity index (χ0n) is 9.17. The molecule has 1 N–H and O–H groups in total. The highest BCUT2D eigenvalue weighted by Gasteiger charge is 2.52. The standard InChI is InChI=1S/C13H23N/c1-2-4-7-11-10(6-3-1)13(11)12-8-5-9-14-12/h10-14H,1-9H2. The first-order valence-corrected chi connectivity index (χ1v) is 6.70. The number of hydrogen-bond acceptors (Lipinski definition) is 1. The van der Waals surface area contributed by atoms with Gasteiger partial charge in [0.05, 0.1) is 0 Å². The van der Waals surface area contributed by atoms with Gasteiger partial charge >= 0.3 is 0 Å². The summed E-state index contributed by atoms with van der Waals surface area (Å²) in [5, 5.41) is 3.72. The van der Waals surface area contributed by atoms with Crippen molar-refractivity contribution in [3.8, 4) is 0 Å². The highest BCUT2D eigenvalue weighted by molar-refractivity contribution is 5.04. The predicted octanol–water partition coefficient (Wildman–Crippen LogP) is 2.95. The van der Waals surface area contributed by atoms with Gasteiger partial charge in [0.25, 0.3) is 0 Å². The molecular formula is C13H23N. The molecule has 0 bridgehead atoms. The van der Waals surface area contributed by atoms with Gasteiger partial charge in [-0.2, -0.15) is 0 Å². The van der Waals surface area contributed by atoms with Crippen LogP contribution in [0.4, 0.5) is 0 Å². The first-order valence-electron chi connectivity index (χ1n) is 6.70. The van der Waals surface area contributed by atoms with Crippen LogP contribution < -0.4 is 5.32 Å². The first-order chi connectivity index (χ1) is 6.97. The van der Waals surface area contributed by atoms with Gasteiger partial charge in [0, 0.05) is 6.04 Å². The lowest BCUT2D eigenvalue weighted by atomic mass is 10.0. The summed E-state index contributed by atoms with van der Waals surface area (Å²) in [6.45, 7) is 1.29. The molecule has 80 valence electrons. The molecule has 1 heteroatoms. The SMILES string of the molecule is C1CCCC2C(CC1)C2C1CCCN1. The van der Waals surface area contributed by atoms with Crippen molar-refractivity contribution in [1.29, 1.82) is 0 Å². The minimum Gasteiger partial charge on any atom is -0.314 e. The molecule has 2 aliphatic carbocycles. The third-order valence-corrected chi connectivity index (χ3v) is 4.79. The molecule has 3 atom stereocenters. The average molecular weight is 193 g/mol. The largest absolute Gasteiger partial charge is 0.314 e. The Balaban J connectivity index is 1.60. The highest BCUT2D eigenvalue weighted by Crippen LogP contribution is 2.56. The molecule has 3 unspecified atom stereocenters. The molecule has 3 aliphatic rings. The van der Waals surface area contributed by atoms with Crippen LogP contribution in [0.3, 0.4) is 0 Å². The second kappa shape index (κ2) is 3.84. The molecule has 0 aromatic heterocycles. The van der Waals surface area contributed by atoms with Crippen LogP contribution in [0, 0.1) is 17.8 Å². The fourth-order valence-electron chi connectivity index (χ4n) is 4.04. The molecule has 3 fully saturated rings. The van der Waals surface area contributed by atoms with Crippen LogP contribution in [0.5, 0.6) is 0 Å². The maximum atomic E-state index is 3.72. The summed E-state index contributed by atoms with van der Waals surface area (Å²) in [4.78, 5) is 0. The van der Waals surface area contributed by atoms with E-state index in [0.717, 1.165) is 23.8 Å². The summed E-state index contributed by atoms with van der Waals surface area (Å²) in [6.07, 6.45) is 12.1. The van der Waals surface area contributed by atoms with E-state index in [0.29, 0.717) is 0 Å². The minimum atomic E-state index is 0.920. The lowest BCUT2D eigenvalue weighted by molar-refractivity contribution is 0.481. The molecule has 1 saturated heterocycles. The highest BCUT2D eigenvalue weighted by atomic mass is 15.0. The quantitative estimate of drug-likeness (QED) is 0.675. The summed E-state index contributed by atoms with van der Waals surface area (Å²) in [5.41, 5.74) is 0. The second-order valence-corrected chi connectivity index (χ2v) is 5.60. The average Bonchev–Trinajstić information content (AvgIpc) is 2.65. The van der Waals surface area contributed by atoms with Crippen molar-refractivity contribution >= 4 is 0 Å². The van der Waals surface area contributed by atoms with E-state index in [1.807, 2.05) is 0 Å². The summed E-state index contributed by atoms with van der Waals surface area (Å²) in [7, 11) is 0. The number of fused-ring (bicyclic) bond motifs is 1. The Hall–Kier alpha value is -0.0400. The van der Waals surface area contributed by atoms with Crippen LogP contribution in [-0.2, 0) is 0 Å². The zero-order chi connectivity index (χ0) is 9.38. The van der Waals surface area contributed by atoms with Crippen LogP contribution >= 0.6 is 0 Å². The molecule has 0 aromatic rings. The molecule has 0 radical (unpaired) electrons. The molecular weight excluding hydrogens is 170 g/mol. The van der Waals surface area contributed by atoms with Gasteiger partial charge in [-0.25, -0.2) is 0 Å². The van der Waals surface area contributed by atoms with E-state index in [1.165, 1.54) is 45.1 Å². The van der Waals surface area contributed by atoms with Gasteiger partial charge in [0.1, 0.15) is 0 Å². The van der Waals surface area contributed by atoms with Crippen LogP contribution in [0.1, 0.15) is 51.4 Å². The maximum Gasteiger partial charge on any atom is 0.0101 e. The molecule has 2 saturated carbocycles. The molecule has 0 amide bonds. The van der Waals surface area contributed by atoms with Crippen molar-refractivity contribution in [2.45, 2.75) is 57.4 Å². The molecule has 1 heterocycles. The predicted molar refractivity (Wildman–Crippen MR) is 59.2 cm³/mol. The Morgan fingerprint density at radius 2 is 1.43 bits per heavy atom. The normalized spacial score (nSPS) is 48.0. The minimum absolute atomic E-state index is 0.920. The fraction of sp³-hybridized carbons (Fsp3) is 1.00. The van der Waals surface area contributed by atoms with E-state index in [9.17, 15) is 0 Å².